The van der Waals surface area contributed by atoms with E-state index in [0.29, 0.717) is 29.5 Å². The number of alkyl halides is 2. The Morgan fingerprint density at radius 3 is 2.54 bits per heavy atom. The van der Waals surface area contributed by atoms with Gasteiger partial charge in [0.2, 0.25) is 5.95 Å². The third kappa shape index (κ3) is 4.04. The molecule has 3 aliphatic rings. The average Bonchev–Trinajstić information content (AvgIpc) is 3.39. The third-order valence-corrected chi connectivity index (χ3v) is 8.39. The molecule has 37 heavy (non-hydrogen) atoms. The molecule has 2 aliphatic carbocycles. The van der Waals surface area contributed by atoms with Crippen LogP contribution >= 0.6 is 0 Å². The van der Waals surface area contributed by atoms with Crippen molar-refractivity contribution in [3.8, 4) is 11.1 Å². The molecular formula is C26H31F2N9. The van der Waals surface area contributed by atoms with E-state index in [1.807, 2.05) is 40.5 Å². The maximum absolute atomic E-state index is 13.6. The first-order valence-corrected chi connectivity index (χ1v) is 13.1. The smallest absolute Gasteiger partial charge is 0.252 e. The summed E-state index contributed by atoms with van der Waals surface area (Å²) in [5.74, 6) is -1.25. The van der Waals surface area contributed by atoms with E-state index in [1.165, 1.54) is 0 Å². The van der Waals surface area contributed by atoms with Crippen LogP contribution in [-0.4, -0.2) is 90.2 Å². The number of aromatic nitrogens is 6. The molecule has 3 fully saturated rings. The molecular weight excluding hydrogens is 476 g/mol. The van der Waals surface area contributed by atoms with Crippen LogP contribution in [-0.2, 0) is 0 Å². The Balaban J connectivity index is 1.08. The molecule has 1 N–H and O–H groups in total. The van der Waals surface area contributed by atoms with E-state index in [-0.39, 0.29) is 18.9 Å². The monoisotopic (exact) mass is 507 g/mol. The van der Waals surface area contributed by atoms with Gasteiger partial charge < -0.3 is 14.8 Å². The number of aryl methyl sites for hydroxylation is 1. The molecule has 0 bridgehead atoms. The second kappa shape index (κ2) is 8.42. The molecule has 1 aliphatic heterocycles. The molecule has 4 aromatic rings. The van der Waals surface area contributed by atoms with Gasteiger partial charge in [-0.2, -0.15) is 0 Å². The van der Waals surface area contributed by atoms with Crippen LogP contribution in [0, 0.1) is 6.92 Å². The average molecular weight is 508 g/mol. The quantitative estimate of drug-likeness (QED) is 0.442. The number of fused-ring (bicyclic) bond motifs is 2. The normalized spacial score (nSPS) is 24.9. The van der Waals surface area contributed by atoms with Crippen LogP contribution in [0.25, 0.3) is 27.8 Å². The minimum absolute atomic E-state index is 0.153. The van der Waals surface area contributed by atoms with Crippen LogP contribution < -0.4 is 5.32 Å². The predicted octanol–water partition coefficient (Wildman–Crippen LogP) is 3.61. The zero-order valence-corrected chi connectivity index (χ0v) is 21.1. The molecule has 2 saturated carbocycles. The highest BCUT2D eigenvalue weighted by molar-refractivity contribution is 5.85. The topological polar surface area (TPSA) is 79.4 Å². The van der Waals surface area contributed by atoms with Gasteiger partial charge in [0.1, 0.15) is 5.82 Å². The van der Waals surface area contributed by atoms with Crippen LogP contribution in [0.2, 0.25) is 0 Å². The highest BCUT2D eigenvalue weighted by atomic mass is 19.3. The standard InChI is InChI=1S/C26H31F2N9/c1-16-31-24-22(37(16)20-12-26(27,28)13-20)9-17(14-29-24)21-3-4-36-23(21)15-30-25(33-36)32-18-10-19(11-18)35-7-5-34(2)6-8-35/h3-4,9,14-15,18-20H,5-8,10-13H2,1-2H3,(H,32,33). The molecule has 5 heterocycles. The molecule has 0 aromatic carbocycles. The zero-order valence-electron chi connectivity index (χ0n) is 21.1. The molecule has 0 atom stereocenters. The van der Waals surface area contributed by atoms with Gasteiger partial charge in [0.05, 0.1) is 17.2 Å². The summed E-state index contributed by atoms with van der Waals surface area (Å²) in [6.45, 7) is 6.44. The molecule has 0 amide bonds. The summed E-state index contributed by atoms with van der Waals surface area (Å²) in [5.41, 5.74) is 4.07. The number of pyridine rings is 1. The van der Waals surface area contributed by atoms with Crippen molar-refractivity contribution in [3.05, 3.63) is 36.5 Å². The highest BCUT2D eigenvalue weighted by Crippen LogP contribution is 2.47. The molecule has 4 aromatic heterocycles. The van der Waals surface area contributed by atoms with E-state index in [1.54, 1.807) is 6.20 Å². The van der Waals surface area contributed by atoms with Gasteiger partial charge in [0.15, 0.2) is 5.65 Å². The number of nitrogens with zero attached hydrogens (tertiary/aromatic N) is 8. The van der Waals surface area contributed by atoms with Gasteiger partial charge in [-0.15, -0.1) is 5.10 Å². The van der Waals surface area contributed by atoms with Crippen LogP contribution in [0.3, 0.4) is 0 Å². The second-order valence-corrected chi connectivity index (χ2v) is 11.0. The zero-order chi connectivity index (χ0) is 25.3. The van der Waals surface area contributed by atoms with Gasteiger partial charge in [-0.1, -0.05) is 0 Å². The minimum atomic E-state index is -2.59. The van der Waals surface area contributed by atoms with Gasteiger partial charge in [-0.25, -0.2) is 28.2 Å². The van der Waals surface area contributed by atoms with Crippen LogP contribution in [0.1, 0.15) is 37.5 Å². The van der Waals surface area contributed by atoms with Crippen molar-refractivity contribution >= 4 is 22.6 Å². The third-order valence-electron chi connectivity index (χ3n) is 8.39. The Kier molecular flexibility index (Phi) is 5.23. The summed E-state index contributed by atoms with van der Waals surface area (Å²) in [7, 11) is 2.19. The largest absolute Gasteiger partial charge is 0.350 e. The van der Waals surface area contributed by atoms with Crippen LogP contribution in [0.15, 0.2) is 30.7 Å². The molecule has 11 heteroatoms. The van der Waals surface area contributed by atoms with E-state index in [0.717, 1.165) is 61.2 Å². The molecule has 0 radical (unpaired) electrons. The Hall–Kier alpha value is -3.18. The fourth-order valence-electron chi connectivity index (χ4n) is 6.10. The number of hydrogen-bond donors (Lipinski definition) is 1. The minimum Gasteiger partial charge on any atom is -0.350 e. The van der Waals surface area contributed by atoms with Gasteiger partial charge in [-0.05, 0) is 38.9 Å². The molecule has 0 unspecified atom stereocenters. The summed E-state index contributed by atoms with van der Waals surface area (Å²) in [4.78, 5) is 18.6. The molecule has 0 spiro atoms. The summed E-state index contributed by atoms with van der Waals surface area (Å²) in [5, 5.41) is 8.19. The number of halogens is 2. The Morgan fingerprint density at radius 1 is 1.00 bits per heavy atom. The van der Waals surface area contributed by atoms with Crippen molar-refractivity contribution in [3.63, 3.8) is 0 Å². The number of piperazine rings is 1. The predicted molar refractivity (Wildman–Crippen MR) is 137 cm³/mol. The lowest BCUT2D eigenvalue weighted by atomic mass is 9.85. The number of rotatable bonds is 5. The van der Waals surface area contributed by atoms with E-state index < -0.39 is 5.92 Å². The SMILES string of the molecule is Cc1nc2ncc(-c3ccn4nc(NC5CC(N6CCN(C)CC6)C5)ncc34)cc2n1C1CC(F)(F)C1. The van der Waals surface area contributed by atoms with Crippen molar-refractivity contribution in [2.24, 2.45) is 0 Å². The van der Waals surface area contributed by atoms with Gasteiger partial charge in [-0.3, -0.25) is 4.90 Å². The first-order chi connectivity index (χ1) is 17.8. The fraction of sp³-hybridized carbons (Fsp3) is 0.538. The number of likely N-dealkylation sites (N-methyl/N-ethyl adjacent to an activating group) is 1. The Morgan fingerprint density at radius 2 is 1.78 bits per heavy atom. The van der Waals surface area contributed by atoms with Crippen LogP contribution in [0.5, 0.6) is 0 Å². The first kappa shape index (κ1) is 23.0. The van der Waals surface area contributed by atoms with E-state index in [2.05, 4.69) is 37.1 Å². The van der Waals surface area contributed by atoms with Gasteiger partial charge in [0.25, 0.3) is 5.92 Å². The highest BCUT2D eigenvalue weighted by Gasteiger charge is 2.47. The van der Waals surface area contributed by atoms with Crippen molar-refractivity contribution in [1.29, 1.82) is 0 Å². The molecule has 194 valence electrons. The summed E-state index contributed by atoms with van der Waals surface area (Å²) in [6.07, 6.45) is 7.47. The molecule has 9 nitrogen and oxygen atoms in total. The van der Waals surface area contributed by atoms with Crippen molar-refractivity contribution in [2.45, 2.75) is 56.7 Å². The van der Waals surface area contributed by atoms with Crippen LogP contribution in [0.4, 0.5) is 14.7 Å². The Bertz CT molecular complexity index is 1460. The lowest BCUT2D eigenvalue weighted by molar-refractivity contribution is -0.103. The van der Waals surface area contributed by atoms with Gasteiger partial charge >= 0.3 is 0 Å². The Labute approximate surface area is 213 Å². The maximum atomic E-state index is 13.6. The van der Waals surface area contributed by atoms with Gasteiger partial charge in [0, 0.05) is 80.7 Å². The molecule has 7 rings (SSSR count). The van der Waals surface area contributed by atoms with Crippen molar-refractivity contribution in [2.75, 3.05) is 38.5 Å². The van der Waals surface area contributed by atoms with Crippen molar-refractivity contribution in [1.82, 2.24) is 38.9 Å². The molecule has 1 saturated heterocycles. The number of anilines is 1. The lowest BCUT2D eigenvalue weighted by Gasteiger charge is -2.46. The van der Waals surface area contributed by atoms with E-state index in [9.17, 15) is 8.78 Å². The summed E-state index contributed by atoms with van der Waals surface area (Å²) in [6, 6.07) is 4.79. The van der Waals surface area contributed by atoms with E-state index >= 15 is 0 Å². The number of nitrogens with one attached hydrogen (secondary N) is 1. The first-order valence-electron chi connectivity index (χ1n) is 13.1. The number of imidazole rings is 1. The van der Waals surface area contributed by atoms with E-state index in [4.69, 9.17) is 5.10 Å². The summed E-state index contributed by atoms with van der Waals surface area (Å²) >= 11 is 0. The second-order valence-electron chi connectivity index (χ2n) is 11.0. The summed E-state index contributed by atoms with van der Waals surface area (Å²) < 4.78 is 30.9. The number of hydrogen-bond acceptors (Lipinski definition) is 7. The fourth-order valence-corrected chi connectivity index (χ4v) is 6.10. The van der Waals surface area contributed by atoms with Crippen molar-refractivity contribution < 1.29 is 8.78 Å². The maximum Gasteiger partial charge on any atom is 0.252 e. The lowest BCUT2D eigenvalue weighted by Crippen LogP contribution is -2.55.